The lowest BCUT2D eigenvalue weighted by molar-refractivity contribution is 0.314. The van der Waals surface area contributed by atoms with Crippen LogP contribution in [0.1, 0.15) is 0 Å². The summed E-state index contributed by atoms with van der Waals surface area (Å²) in [5.41, 5.74) is 7.12. The first-order valence-electron chi connectivity index (χ1n) is 6.90. The van der Waals surface area contributed by atoms with E-state index in [2.05, 4.69) is 14.9 Å². The van der Waals surface area contributed by atoms with Crippen LogP contribution in [-0.4, -0.2) is 58.1 Å². The third-order valence-electron chi connectivity index (χ3n) is 3.45. The smallest absolute Gasteiger partial charge is 0.240 e. The molecule has 1 aromatic carbocycles. The Balaban J connectivity index is 1.97. The van der Waals surface area contributed by atoms with Crippen LogP contribution in [0.4, 0.5) is 11.4 Å². The highest BCUT2D eigenvalue weighted by Gasteiger charge is 2.14. The predicted molar refractivity (Wildman–Crippen MR) is 89.4 cm³/mol. The quantitative estimate of drug-likeness (QED) is 0.664. The Morgan fingerprint density at radius 1 is 1.33 bits per heavy atom. The van der Waals surface area contributed by atoms with E-state index in [-0.39, 0.29) is 4.90 Å². The van der Waals surface area contributed by atoms with E-state index in [1.54, 1.807) is 12.1 Å². The van der Waals surface area contributed by atoms with Gasteiger partial charge in [0.1, 0.15) is 0 Å². The molecule has 0 radical (unpaired) electrons. The second-order valence-electron chi connectivity index (χ2n) is 4.84. The zero-order chi connectivity index (χ0) is 15.3. The summed E-state index contributed by atoms with van der Waals surface area (Å²) in [7, 11) is -2.05. The summed E-state index contributed by atoms with van der Waals surface area (Å²) in [4.78, 5) is 2.62. The molecule has 1 saturated heterocycles. The van der Waals surface area contributed by atoms with Crippen molar-refractivity contribution in [3.05, 3.63) is 18.2 Å². The summed E-state index contributed by atoms with van der Waals surface area (Å²) < 4.78 is 25.9. The van der Waals surface area contributed by atoms with Gasteiger partial charge in [-0.05, 0) is 25.2 Å². The summed E-state index contributed by atoms with van der Waals surface area (Å²) in [6, 6.07) is 4.70. The molecule has 6 nitrogen and oxygen atoms in total. The molecule has 2 rings (SSSR count). The minimum absolute atomic E-state index is 0.219. The van der Waals surface area contributed by atoms with Gasteiger partial charge in [0.2, 0.25) is 10.0 Å². The van der Waals surface area contributed by atoms with Gasteiger partial charge in [0, 0.05) is 37.7 Å². The van der Waals surface area contributed by atoms with Crippen molar-refractivity contribution < 1.29 is 8.42 Å². The molecular formula is C13H22N4O2S2. The lowest BCUT2D eigenvalue weighted by Crippen LogP contribution is -2.36. The molecule has 1 heterocycles. The standard InChI is InChI=1S/C13H22N4O2S2/c1-15-21(18,19)11-2-3-12(14)13(10-11)16-4-5-17-6-8-20-9-7-17/h2-3,10,15-16H,4-9,14H2,1H3. The number of benzene rings is 1. The molecule has 118 valence electrons. The molecule has 8 heteroatoms. The molecule has 4 N–H and O–H groups in total. The van der Waals surface area contributed by atoms with E-state index in [4.69, 9.17) is 5.73 Å². The van der Waals surface area contributed by atoms with Gasteiger partial charge in [-0.2, -0.15) is 11.8 Å². The predicted octanol–water partition coefficient (Wildman–Crippen LogP) is 0.638. The Morgan fingerprint density at radius 2 is 2.05 bits per heavy atom. The molecule has 0 bridgehead atoms. The van der Waals surface area contributed by atoms with Crippen LogP contribution >= 0.6 is 11.8 Å². The number of hydrogen-bond donors (Lipinski definition) is 3. The number of nitrogens with two attached hydrogens (primary N) is 1. The van der Waals surface area contributed by atoms with Crippen LogP contribution in [-0.2, 0) is 10.0 Å². The molecule has 21 heavy (non-hydrogen) atoms. The summed E-state index contributed by atoms with van der Waals surface area (Å²) in [5, 5.41) is 3.23. The van der Waals surface area contributed by atoms with E-state index in [1.165, 1.54) is 24.6 Å². The molecule has 1 aliphatic heterocycles. The van der Waals surface area contributed by atoms with Gasteiger partial charge >= 0.3 is 0 Å². The average Bonchev–Trinajstić information content (AvgIpc) is 2.50. The minimum Gasteiger partial charge on any atom is -0.397 e. The van der Waals surface area contributed by atoms with E-state index >= 15 is 0 Å². The van der Waals surface area contributed by atoms with Gasteiger partial charge in [0.05, 0.1) is 16.3 Å². The van der Waals surface area contributed by atoms with Crippen LogP contribution in [0.2, 0.25) is 0 Å². The van der Waals surface area contributed by atoms with Crippen LogP contribution in [0.15, 0.2) is 23.1 Å². The highest BCUT2D eigenvalue weighted by molar-refractivity contribution is 7.99. The third-order valence-corrected chi connectivity index (χ3v) is 5.81. The molecule has 0 spiro atoms. The molecule has 1 fully saturated rings. The summed E-state index contributed by atoms with van der Waals surface area (Å²) >= 11 is 1.98. The molecule has 0 aliphatic carbocycles. The van der Waals surface area contributed by atoms with Gasteiger partial charge in [-0.1, -0.05) is 0 Å². The van der Waals surface area contributed by atoms with Gasteiger partial charge in [-0.25, -0.2) is 13.1 Å². The zero-order valence-corrected chi connectivity index (χ0v) is 13.8. The molecule has 1 aliphatic rings. The molecule has 1 aromatic rings. The lowest BCUT2D eigenvalue weighted by Gasteiger charge is -2.26. The van der Waals surface area contributed by atoms with Gasteiger partial charge in [0.25, 0.3) is 0 Å². The van der Waals surface area contributed by atoms with Gasteiger partial charge in [-0.15, -0.1) is 0 Å². The largest absolute Gasteiger partial charge is 0.397 e. The number of hydrogen-bond acceptors (Lipinski definition) is 6. The van der Waals surface area contributed by atoms with Gasteiger partial charge < -0.3 is 11.1 Å². The fourth-order valence-corrected chi connectivity index (χ4v) is 3.88. The summed E-state index contributed by atoms with van der Waals surface area (Å²) in [6.45, 7) is 3.90. The summed E-state index contributed by atoms with van der Waals surface area (Å²) in [6.07, 6.45) is 0. The Kier molecular flexibility index (Phi) is 5.74. The molecule has 0 aromatic heterocycles. The topological polar surface area (TPSA) is 87.5 Å². The normalized spacial score (nSPS) is 16.8. The van der Waals surface area contributed by atoms with Crippen LogP contribution in [0.25, 0.3) is 0 Å². The van der Waals surface area contributed by atoms with Crippen molar-refractivity contribution in [1.82, 2.24) is 9.62 Å². The van der Waals surface area contributed by atoms with E-state index in [1.807, 2.05) is 11.8 Å². The van der Waals surface area contributed by atoms with Crippen LogP contribution in [0, 0.1) is 0 Å². The highest BCUT2D eigenvalue weighted by Crippen LogP contribution is 2.22. The van der Waals surface area contributed by atoms with Crippen LogP contribution in [0.3, 0.4) is 0 Å². The van der Waals surface area contributed by atoms with Crippen molar-refractivity contribution >= 4 is 33.2 Å². The Morgan fingerprint density at radius 3 is 2.71 bits per heavy atom. The van der Waals surface area contributed by atoms with Crippen LogP contribution < -0.4 is 15.8 Å². The third kappa shape index (κ3) is 4.50. The van der Waals surface area contributed by atoms with Crippen molar-refractivity contribution in [2.24, 2.45) is 0 Å². The highest BCUT2D eigenvalue weighted by atomic mass is 32.2. The van der Waals surface area contributed by atoms with E-state index in [0.29, 0.717) is 11.4 Å². The van der Waals surface area contributed by atoms with E-state index < -0.39 is 10.0 Å². The number of nitrogen functional groups attached to an aromatic ring is 1. The Bertz CT molecular complexity index is 572. The zero-order valence-electron chi connectivity index (χ0n) is 12.1. The van der Waals surface area contributed by atoms with Crippen molar-refractivity contribution in [3.8, 4) is 0 Å². The first-order chi connectivity index (χ1) is 10.0. The lowest BCUT2D eigenvalue weighted by atomic mass is 10.2. The number of nitrogens with zero attached hydrogens (tertiary/aromatic N) is 1. The maximum Gasteiger partial charge on any atom is 0.240 e. The van der Waals surface area contributed by atoms with E-state index in [9.17, 15) is 8.42 Å². The maximum atomic E-state index is 11.8. The molecular weight excluding hydrogens is 308 g/mol. The van der Waals surface area contributed by atoms with Gasteiger partial charge in [-0.3, -0.25) is 4.90 Å². The van der Waals surface area contributed by atoms with Crippen molar-refractivity contribution in [3.63, 3.8) is 0 Å². The first kappa shape index (κ1) is 16.4. The number of thioether (sulfide) groups is 1. The minimum atomic E-state index is -3.44. The monoisotopic (exact) mass is 330 g/mol. The SMILES string of the molecule is CNS(=O)(=O)c1ccc(N)c(NCCN2CCSCC2)c1. The summed E-state index contributed by atoms with van der Waals surface area (Å²) in [5.74, 6) is 2.36. The number of nitrogens with one attached hydrogen (secondary N) is 2. The molecule has 0 unspecified atom stereocenters. The number of rotatable bonds is 6. The second kappa shape index (κ2) is 7.35. The Hall–Kier alpha value is -0.960. The fourth-order valence-electron chi connectivity index (χ4n) is 2.15. The van der Waals surface area contributed by atoms with Crippen molar-refractivity contribution in [2.45, 2.75) is 4.90 Å². The molecule has 0 amide bonds. The molecule has 0 saturated carbocycles. The van der Waals surface area contributed by atoms with Gasteiger partial charge in [0.15, 0.2) is 0 Å². The first-order valence-corrected chi connectivity index (χ1v) is 9.54. The average molecular weight is 330 g/mol. The number of anilines is 2. The fraction of sp³-hybridized carbons (Fsp3) is 0.538. The number of sulfonamides is 1. The van der Waals surface area contributed by atoms with Crippen molar-refractivity contribution in [1.29, 1.82) is 0 Å². The molecule has 0 atom stereocenters. The van der Waals surface area contributed by atoms with Crippen molar-refractivity contribution in [2.75, 3.05) is 55.8 Å². The maximum absolute atomic E-state index is 11.8. The second-order valence-corrected chi connectivity index (χ2v) is 7.95. The van der Waals surface area contributed by atoms with Crippen LogP contribution in [0.5, 0.6) is 0 Å². The van der Waals surface area contributed by atoms with E-state index in [0.717, 1.165) is 26.2 Å². The Labute approximate surface area is 130 Å².